The lowest BCUT2D eigenvalue weighted by molar-refractivity contribution is 0.102. The number of carbonyl (C=O) groups excluding carboxylic acids is 1. The predicted octanol–water partition coefficient (Wildman–Crippen LogP) is 1.62. The van der Waals surface area contributed by atoms with Crippen LogP contribution in [0.15, 0.2) is 24.5 Å². The van der Waals surface area contributed by atoms with Crippen LogP contribution in [0, 0.1) is 0 Å². The highest BCUT2D eigenvalue weighted by atomic mass is 32.1. The number of nitrogens with zero attached hydrogens (tertiary/aromatic N) is 3. The van der Waals surface area contributed by atoms with Crippen molar-refractivity contribution in [1.29, 1.82) is 0 Å². The van der Waals surface area contributed by atoms with E-state index in [1.165, 1.54) is 11.3 Å². The Morgan fingerprint density at radius 2 is 2.35 bits per heavy atom. The van der Waals surface area contributed by atoms with Crippen LogP contribution in [-0.4, -0.2) is 27.6 Å². The largest absolute Gasteiger partial charge is 0.360 e. The van der Waals surface area contributed by atoms with E-state index in [0.717, 1.165) is 6.54 Å². The van der Waals surface area contributed by atoms with Gasteiger partial charge in [-0.3, -0.25) is 9.78 Å². The fourth-order valence-electron chi connectivity index (χ4n) is 1.16. The van der Waals surface area contributed by atoms with Crippen molar-refractivity contribution in [2.75, 3.05) is 17.2 Å². The van der Waals surface area contributed by atoms with Crippen LogP contribution in [0.25, 0.3) is 0 Å². The molecule has 0 atom stereocenters. The van der Waals surface area contributed by atoms with Gasteiger partial charge >= 0.3 is 0 Å². The molecule has 2 aromatic heterocycles. The van der Waals surface area contributed by atoms with Gasteiger partial charge < -0.3 is 10.6 Å². The molecule has 0 unspecified atom stereocenters. The summed E-state index contributed by atoms with van der Waals surface area (Å²) in [7, 11) is 0. The summed E-state index contributed by atoms with van der Waals surface area (Å²) in [6.45, 7) is 2.70. The summed E-state index contributed by atoms with van der Waals surface area (Å²) in [5, 5.41) is 14.3. The van der Waals surface area contributed by atoms with E-state index in [-0.39, 0.29) is 5.91 Å². The molecule has 0 saturated heterocycles. The highest BCUT2D eigenvalue weighted by Gasteiger charge is 2.12. The Hall–Kier alpha value is -2.02. The maximum atomic E-state index is 11.8. The van der Waals surface area contributed by atoms with E-state index >= 15 is 0 Å². The lowest BCUT2D eigenvalue weighted by Gasteiger charge is -2.00. The second-order valence-corrected chi connectivity index (χ2v) is 4.12. The maximum absolute atomic E-state index is 11.8. The minimum absolute atomic E-state index is 0.278. The van der Waals surface area contributed by atoms with Crippen LogP contribution in [0.3, 0.4) is 0 Å². The van der Waals surface area contributed by atoms with Gasteiger partial charge in [0.15, 0.2) is 0 Å². The highest BCUT2D eigenvalue weighted by molar-refractivity contribution is 7.17. The van der Waals surface area contributed by atoms with Crippen LogP contribution in [-0.2, 0) is 0 Å². The Kier molecular flexibility index (Phi) is 3.61. The third-order valence-corrected chi connectivity index (χ3v) is 2.75. The SMILES string of the molecule is CCNc1nnc(C(=O)Nc2cccnc2)s1. The van der Waals surface area contributed by atoms with Crippen molar-refractivity contribution in [3.8, 4) is 0 Å². The molecule has 0 aliphatic rings. The van der Waals surface area contributed by atoms with Crippen molar-refractivity contribution in [3.05, 3.63) is 29.5 Å². The van der Waals surface area contributed by atoms with Crippen LogP contribution in [0.5, 0.6) is 0 Å². The molecule has 0 aromatic carbocycles. The number of carbonyl (C=O) groups is 1. The van der Waals surface area contributed by atoms with Gasteiger partial charge in [-0.15, -0.1) is 10.2 Å². The second kappa shape index (κ2) is 5.35. The van der Waals surface area contributed by atoms with Crippen molar-refractivity contribution in [2.24, 2.45) is 0 Å². The van der Waals surface area contributed by atoms with Gasteiger partial charge in [-0.2, -0.15) is 0 Å². The Morgan fingerprint density at radius 1 is 1.47 bits per heavy atom. The summed E-state index contributed by atoms with van der Waals surface area (Å²) in [5.74, 6) is -0.278. The summed E-state index contributed by atoms with van der Waals surface area (Å²) in [6, 6.07) is 3.51. The maximum Gasteiger partial charge on any atom is 0.286 e. The zero-order chi connectivity index (χ0) is 12.1. The van der Waals surface area contributed by atoms with E-state index < -0.39 is 0 Å². The topological polar surface area (TPSA) is 79.8 Å². The first-order chi connectivity index (χ1) is 8.29. The van der Waals surface area contributed by atoms with Gasteiger partial charge in [0.1, 0.15) is 0 Å². The molecule has 2 heterocycles. The fraction of sp³-hybridized carbons (Fsp3) is 0.200. The Labute approximate surface area is 102 Å². The monoisotopic (exact) mass is 249 g/mol. The third kappa shape index (κ3) is 2.97. The zero-order valence-electron chi connectivity index (χ0n) is 9.17. The predicted molar refractivity (Wildman–Crippen MR) is 66.3 cm³/mol. The minimum Gasteiger partial charge on any atom is -0.360 e. The van der Waals surface area contributed by atoms with E-state index in [2.05, 4.69) is 25.8 Å². The number of aromatic nitrogens is 3. The molecule has 0 aliphatic heterocycles. The first kappa shape index (κ1) is 11.5. The molecule has 2 aromatic rings. The van der Waals surface area contributed by atoms with Crippen LogP contribution < -0.4 is 10.6 Å². The molecule has 0 fully saturated rings. The number of pyridine rings is 1. The molecule has 0 radical (unpaired) electrons. The average Bonchev–Trinajstić information content (AvgIpc) is 2.79. The lowest BCUT2D eigenvalue weighted by atomic mass is 10.4. The number of anilines is 2. The van der Waals surface area contributed by atoms with Gasteiger partial charge in [0.25, 0.3) is 5.91 Å². The van der Waals surface area contributed by atoms with Crippen LogP contribution in [0.1, 0.15) is 16.7 Å². The van der Waals surface area contributed by atoms with Gasteiger partial charge in [-0.1, -0.05) is 11.3 Å². The smallest absolute Gasteiger partial charge is 0.286 e. The summed E-state index contributed by atoms with van der Waals surface area (Å²) >= 11 is 1.22. The van der Waals surface area contributed by atoms with E-state index in [9.17, 15) is 4.79 Å². The van der Waals surface area contributed by atoms with E-state index in [1.54, 1.807) is 24.5 Å². The molecular weight excluding hydrogens is 238 g/mol. The second-order valence-electron chi connectivity index (χ2n) is 3.14. The van der Waals surface area contributed by atoms with Gasteiger partial charge in [0, 0.05) is 12.7 Å². The standard InChI is InChI=1S/C10H11N5OS/c1-2-12-10-15-14-9(17-10)8(16)13-7-4-3-5-11-6-7/h3-6H,2H2,1H3,(H,12,15)(H,13,16). The zero-order valence-corrected chi connectivity index (χ0v) is 9.99. The fourth-order valence-corrected chi connectivity index (χ4v) is 1.87. The summed E-state index contributed by atoms with van der Waals surface area (Å²) in [4.78, 5) is 15.7. The molecule has 88 valence electrons. The third-order valence-electron chi connectivity index (χ3n) is 1.87. The highest BCUT2D eigenvalue weighted by Crippen LogP contribution is 2.16. The molecule has 2 N–H and O–H groups in total. The number of rotatable bonds is 4. The van der Waals surface area contributed by atoms with Crippen molar-refractivity contribution in [3.63, 3.8) is 0 Å². The number of amides is 1. The summed E-state index contributed by atoms with van der Waals surface area (Å²) in [6.07, 6.45) is 3.22. The molecule has 2 rings (SSSR count). The van der Waals surface area contributed by atoms with Crippen molar-refractivity contribution >= 4 is 28.1 Å². The van der Waals surface area contributed by atoms with Gasteiger partial charge in [-0.25, -0.2) is 0 Å². The van der Waals surface area contributed by atoms with Crippen LogP contribution in [0.2, 0.25) is 0 Å². The Bertz CT molecular complexity index is 498. The van der Waals surface area contributed by atoms with E-state index in [4.69, 9.17) is 0 Å². The van der Waals surface area contributed by atoms with Gasteiger partial charge in [-0.05, 0) is 19.1 Å². The molecule has 0 aliphatic carbocycles. The van der Waals surface area contributed by atoms with Gasteiger partial charge in [0.2, 0.25) is 10.1 Å². The molecule has 0 bridgehead atoms. The number of hydrogen-bond donors (Lipinski definition) is 2. The lowest BCUT2D eigenvalue weighted by Crippen LogP contribution is -2.11. The van der Waals surface area contributed by atoms with Gasteiger partial charge in [0.05, 0.1) is 11.9 Å². The van der Waals surface area contributed by atoms with Crippen molar-refractivity contribution in [1.82, 2.24) is 15.2 Å². The van der Waals surface area contributed by atoms with Crippen molar-refractivity contribution in [2.45, 2.75) is 6.92 Å². The minimum atomic E-state index is -0.278. The molecular formula is C10H11N5OS. The Morgan fingerprint density at radius 3 is 3.06 bits per heavy atom. The summed E-state index contributed by atoms with van der Waals surface area (Å²) in [5.41, 5.74) is 0.637. The normalized spacial score (nSPS) is 9.94. The Balaban J connectivity index is 2.04. The summed E-state index contributed by atoms with van der Waals surface area (Å²) < 4.78 is 0. The number of nitrogens with one attached hydrogen (secondary N) is 2. The van der Waals surface area contributed by atoms with Crippen LogP contribution >= 0.6 is 11.3 Å². The first-order valence-electron chi connectivity index (χ1n) is 5.08. The molecule has 17 heavy (non-hydrogen) atoms. The quantitative estimate of drug-likeness (QED) is 0.860. The molecule has 0 spiro atoms. The average molecular weight is 249 g/mol. The van der Waals surface area contributed by atoms with E-state index in [0.29, 0.717) is 15.8 Å². The van der Waals surface area contributed by atoms with Crippen molar-refractivity contribution < 1.29 is 4.79 Å². The van der Waals surface area contributed by atoms with Crippen LogP contribution in [0.4, 0.5) is 10.8 Å². The first-order valence-corrected chi connectivity index (χ1v) is 5.90. The molecule has 7 heteroatoms. The van der Waals surface area contributed by atoms with E-state index in [1.807, 2.05) is 6.92 Å². The molecule has 0 saturated carbocycles. The molecule has 1 amide bonds. The molecule has 6 nitrogen and oxygen atoms in total. The number of hydrogen-bond acceptors (Lipinski definition) is 6.